The van der Waals surface area contributed by atoms with Gasteiger partial charge in [-0.1, -0.05) is 24.6 Å². The number of nitrogens with one attached hydrogen (secondary N) is 1. The number of hydrogen-bond acceptors (Lipinski definition) is 3. The molecule has 4 nitrogen and oxygen atoms in total. The molecule has 0 spiro atoms. The molecule has 22 heavy (non-hydrogen) atoms. The number of nitrogens with zero attached hydrogens (tertiary/aromatic N) is 1. The molecule has 122 valence electrons. The smallest absolute Gasteiger partial charge is 0.405 e. The van der Waals surface area contributed by atoms with Gasteiger partial charge in [-0.25, -0.2) is 0 Å². The van der Waals surface area contributed by atoms with Crippen molar-refractivity contribution in [2.75, 3.05) is 13.6 Å². The average Bonchev–Trinajstić information content (AvgIpc) is 2.45. The number of piperidine rings is 1. The van der Waals surface area contributed by atoms with Crippen molar-refractivity contribution in [3.8, 4) is 5.75 Å². The van der Waals surface area contributed by atoms with E-state index in [1.807, 2.05) is 11.9 Å². The highest BCUT2D eigenvalue weighted by atomic mass is 19.4. The third kappa shape index (κ3) is 4.62. The van der Waals surface area contributed by atoms with Crippen LogP contribution in [0.2, 0.25) is 0 Å². The Morgan fingerprint density at radius 3 is 2.77 bits per heavy atom. The number of benzene rings is 1. The molecule has 1 aliphatic heterocycles. The predicted molar refractivity (Wildman–Crippen MR) is 75.2 cm³/mol. The first-order valence-corrected chi connectivity index (χ1v) is 7.18. The maximum Gasteiger partial charge on any atom is 0.573 e. The zero-order valence-corrected chi connectivity index (χ0v) is 12.3. The van der Waals surface area contributed by atoms with Crippen LogP contribution in [0, 0.1) is 0 Å². The van der Waals surface area contributed by atoms with Gasteiger partial charge in [-0.15, -0.1) is 13.2 Å². The van der Waals surface area contributed by atoms with Crippen LogP contribution in [0.15, 0.2) is 24.3 Å². The summed E-state index contributed by atoms with van der Waals surface area (Å²) in [7, 11) is 1.88. The van der Waals surface area contributed by atoms with Crippen LogP contribution in [-0.2, 0) is 11.3 Å². The molecule has 1 heterocycles. The number of likely N-dealkylation sites (N-methyl/N-ethyl adjacent to an activating group) is 1. The summed E-state index contributed by atoms with van der Waals surface area (Å²) in [5.41, 5.74) is 0.298. The fraction of sp³-hybridized carbons (Fsp3) is 0.533. The van der Waals surface area contributed by atoms with Gasteiger partial charge in [0, 0.05) is 12.1 Å². The average molecular weight is 316 g/mol. The number of rotatable bonds is 4. The van der Waals surface area contributed by atoms with Gasteiger partial charge in [0.25, 0.3) is 0 Å². The van der Waals surface area contributed by atoms with E-state index in [0.717, 1.165) is 25.8 Å². The third-order valence-corrected chi connectivity index (χ3v) is 3.72. The topological polar surface area (TPSA) is 41.6 Å². The van der Waals surface area contributed by atoms with E-state index in [-0.39, 0.29) is 24.2 Å². The number of hydrogen-bond donors (Lipinski definition) is 1. The number of ether oxygens (including phenoxy) is 1. The highest BCUT2D eigenvalue weighted by molar-refractivity contribution is 5.81. The molecule has 0 radical (unpaired) electrons. The maximum absolute atomic E-state index is 12.3. The minimum absolute atomic E-state index is 0.00935. The number of likely N-dealkylation sites (tertiary alicyclic amines) is 1. The van der Waals surface area contributed by atoms with Gasteiger partial charge in [0.05, 0.1) is 6.04 Å². The normalized spacial score (nSPS) is 19.7. The Labute approximate surface area is 127 Å². The van der Waals surface area contributed by atoms with E-state index in [2.05, 4.69) is 10.1 Å². The van der Waals surface area contributed by atoms with Crippen molar-refractivity contribution in [2.24, 2.45) is 0 Å². The molecule has 0 bridgehead atoms. The zero-order chi connectivity index (χ0) is 16.2. The summed E-state index contributed by atoms with van der Waals surface area (Å²) >= 11 is 0. The second-order valence-electron chi connectivity index (χ2n) is 5.37. The molecule has 1 amide bonds. The number of alkyl halides is 3. The molecule has 0 aliphatic carbocycles. The van der Waals surface area contributed by atoms with Crippen molar-refractivity contribution >= 4 is 5.91 Å². The van der Waals surface area contributed by atoms with Gasteiger partial charge in [-0.2, -0.15) is 0 Å². The Morgan fingerprint density at radius 1 is 1.36 bits per heavy atom. The second-order valence-corrected chi connectivity index (χ2v) is 5.37. The molecule has 7 heteroatoms. The van der Waals surface area contributed by atoms with Crippen molar-refractivity contribution in [1.82, 2.24) is 10.2 Å². The van der Waals surface area contributed by atoms with E-state index in [9.17, 15) is 18.0 Å². The third-order valence-electron chi connectivity index (χ3n) is 3.72. The van der Waals surface area contributed by atoms with Crippen LogP contribution in [0.5, 0.6) is 5.75 Å². The summed E-state index contributed by atoms with van der Waals surface area (Å²) in [5.74, 6) is -0.448. The summed E-state index contributed by atoms with van der Waals surface area (Å²) < 4.78 is 41.0. The summed E-state index contributed by atoms with van der Waals surface area (Å²) in [5, 5.41) is 2.70. The van der Waals surface area contributed by atoms with Crippen molar-refractivity contribution in [3.63, 3.8) is 0 Å². The molecule has 1 aliphatic rings. The summed E-state index contributed by atoms with van der Waals surface area (Å²) in [6.07, 6.45) is -1.94. The monoisotopic (exact) mass is 316 g/mol. The maximum atomic E-state index is 12.3. The van der Waals surface area contributed by atoms with Crippen LogP contribution in [0.25, 0.3) is 0 Å². The second kappa shape index (κ2) is 7.00. The van der Waals surface area contributed by atoms with E-state index in [4.69, 9.17) is 0 Å². The highest BCUT2D eigenvalue weighted by Crippen LogP contribution is 2.26. The summed E-state index contributed by atoms with van der Waals surface area (Å²) in [6.45, 7) is 0.862. The lowest BCUT2D eigenvalue weighted by molar-refractivity contribution is -0.274. The number of carbonyl (C=O) groups is 1. The first-order chi connectivity index (χ1) is 10.4. The molecule has 0 saturated carbocycles. The van der Waals surface area contributed by atoms with E-state index in [1.54, 1.807) is 6.07 Å². The molecule has 1 N–H and O–H groups in total. The van der Waals surface area contributed by atoms with Crippen LogP contribution < -0.4 is 10.1 Å². The molecular weight excluding hydrogens is 297 g/mol. The molecule has 2 rings (SSSR count). The fourth-order valence-corrected chi connectivity index (χ4v) is 2.58. The quantitative estimate of drug-likeness (QED) is 0.928. The molecule has 1 fully saturated rings. The van der Waals surface area contributed by atoms with Crippen molar-refractivity contribution in [2.45, 2.75) is 38.2 Å². The van der Waals surface area contributed by atoms with Gasteiger partial charge in [0.1, 0.15) is 5.75 Å². The van der Waals surface area contributed by atoms with Crippen molar-refractivity contribution in [1.29, 1.82) is 0 Å². The highest BCUT2D eigenvalue weighted by Gasteiger charge is 2.32. The van der Waals surface area contributed by atoms with Crippen molar-refractivity contribution in [3.05, 3.63) is 29.8 Å². The lowest BCUT2D eigenvalue weighted by Crippen LogP contribution is -2.47. The zero-order valence-electron chi connectivity index (χ0n) is 12.3. The number of amides is 1. The standard InChI is InChI=1S/C15H19F3N2O2/c1-20-9-5-4-7-12(20)14(21)19-10-11-6-2-3-8-13(11)22-15(16,17)18/h2-3,6,8,12H,4-5,7,9-10H2,1H3,(H,19,21)/t12-/m0/s1. The molecule has 1 saturated heterocycles. The number of carbonyl (C=O) groups excluding carboxylic acids is 1. The molecule has 0 aromatic heterocycles. The fourth-order valence-electron chi connectivity index (χ4n) is 2.58. The summed E-state index contributed by atoms with van der Waals surface area (Å²) in [4.78, 5) is 14.1. The van der Waals surface area contributed by atoms with E-state index in [1.165, 1.54) is 18.2 Å². The van der Waals surface area contributed by atoms with Gasteiger partial charge >= 0.3 is 6.36 Å². The molecular formula is C15H19F3N2O2. The lowest BCUT2D eigenvalue weighted by atomic mass is 10.0. The Hall–Kier alpha value is -1.76. The minimum Gasteiger partial charge on any atom is -0.405 e. The van der Waals surface area contributed by atoms with E-state index in [0.29, 0.717) is 5.56 Å². The van der Waals surface area contributed by atoms with Gasteiger partial charge in [-0.3, -0.25) is 9.69 Å². The first-order valence-electron chi connectivity index (χ1n) is 7.18. The van der Waals surface area contributed by atoms with Crippen LogP contribution in [-0.4, -0.2) is 36.8 Å². The van der Waals surface area contributed by atoms with Gasteiger partial charge < -0.3 is 10.1 Å². The minimum atomic E-state index is -4.75. The van der Waals surface area contributed by atoms with E-state index >= 15 is 0 Å². The van der Waals surface area contributed by atoms with Crippen molar-refractivity contribution < 1.29 is 22.7 Å². The Morgan fingerprint density at radius 2 is 2.09 bits per heavy atom. The predicted octanol–water partition coefficient (Wildman–Crippen LogP) is 2.69. The SMILES string of the molecule is CN1CCCC[C@H]1C(=O)NCc1ccccc1OC(F)(F)F. The van der Waals surface area contributed by atoms with Crippen LogP contribution in [0.3, 0.4) is 0 Å². The lowest BCUT2D eigenvalue weighted by Gasteiger charge is -2.31. The molecule has 0 unspecified atom stereocenters. The van der Waals surface area contributed by atoms with E-state index < -0.39 is 6.36 Å². The van der Waals surface area contributed by atoms with Crippen LogP contribution in [0.1, 0.15) is 24.8 Å². The van der Waals surface area contributed by atoms with Crippen LogP contribution in [0.4, 0.5) is 13.2 Å². The number of halogens is 3. The first kappa shape index (κ1) is 16.6. The molecule has 1 atom stereocenters. The Kier molecular flexibility index (Phi) is 5.28. The molecule has 1 aromatic carbocycles. The molecule has 1 aromatic rings. The Balaban J connectivity index is 1.98. The summed E-state index contributed by atoms with van der Waals surface area (Å²) in [6, 6.07) is 5.59. The van der Waals surface area contributed by atoms with Gasteiger partial charge in [0.15, 0.2) is 0 Å². The number of para-hydroxylation sites is 1. The van der Waals surface area contributed by atoms with Gasteiger partial charge in [-0.05, 0) is 32.5 Å². The van der Waals surface area contributed by atoms with Gasteiger partial charge in [0.2, 0.25) is 5.91 Å². The van der Waals surface area contributed by atoms with Crippen LogP contribution >= 0.6 is 0 Å². The Bertz CT molecular complexity index is 520. The largest absolute Gasteiger partial charge is 0.573 e.